The number of rotatable bonds is 6. The Labute approximate surface area is 118 Å². The predicted octanol–water partition coefficient (Wildman–Crippen LogP) is 2.56. The number of thioether (sulfide) groups is 1. The Morgan fingerprint density at radius 1 is 1.32 bits per heavy atom. The van der Waals surface area contributed by atoms with Crippen molar-refractivity contribution < 1.29 is 14.6 Å². The van der Waals surface area contributed by atoms with Gasteiger partial charge in [0, 0.05) is 29.6 Å². The van der Waals surface area contributed by atoms with Crippen molar-refractivity contribution in [1.29, 1.82) is 0 Å². The van der Waals surface area contributed by atoms with Crippen molar-refractivity contribution in [3.05, 3.63) is 35.1 Å². The maximum Gasteiger partial charge on any atom is 0.124 e. The van der Waals surface area contributed by atoms with E-state index in [1.165, 1.54) is 12.1 Å². The molecule has 2 N–H and O–H groups in total. The third kappa shape index (κ3) is 6.11. The van der Waals surface area contributed by atoms with Crippen molar-refractivity contribution in [2.45, 2.75) is 30.8 Å². The van der Waals surface area contributed by atoms with E-state index in [2.05, 4.69) is 18.8 Å². The summed E-state index contributed by atoms with van der Waals surface area (Å²) in [5.74, 6) is 6.15. The fourth-order valence-corrected chi connectivity index (χ4v) is 2.49. The molecular weight excluding hydrogens is 263 g/mol. The van der Waals surface area contributed by atoms with Crippen LogP contribution >= 0.6 is 11.8 Å². The zero-order chi connectivity index (χ0) is 14.1. The third-order valence-corrected chi connectivity index (χ3v) is 3.87. The third-order valence-electron chi connectivity index (χ3n) is 2.59. The second-order valence-electron chi connectivity index (χ2n) is 4.21. The SMILES string of the molecule is CC(CCO)SCc1ccc(F)cc1C#CCCO. The lowest BCUT2D eigenvalue weighted by Gasteiger charge is -2.10. The number of aliphatic hydroxyl groups is 2. The molecule has 2 nitrogen and oxygen atoms in total. The summed E-state index contributed by atoms with van der Waals surface area (Å²) in [4.78, 5) is 0. The first kappa shape index (κ1) is 16.0. The van der Waals surface area contributed by atoms with Gasteiger partial charge in [-0.2, -0.15) is 11.8 Å². The van der Waals surface area contributed by atoms with Crippen LogP contribution in [0.5, 0.6) is 0 Å². The second-order valence-corrected chi connectivity index (χ2v) is 5.64. The number of aliphatic hydroxyl groups excluding tert-OH is 2. The van der Waals surface area contributed by atoms with Crippen molar-refractivity contribution in [3.8, 4) is 11.8 Å². The average molecular weight is 282 g/mol. The van der Waals surface area contributed by atoms with Gasteiger partial charge in [0.15, 0.2) is 0 Å². The number of hydrogen-bond acceptors (Lipinski definition) is 3. The Morgan fingerprint density at radius 2 is 2.11 bits per heavy atom. The summed E-state index contributed by atoms with van der Waals surface area (Å²) < 4.78 is 13.2. The fourth-order valence-electron chi connectivity index (χ4n) is 1.50. The monoisotopic (exact) mass is 282 g/mol. The van der Waals surface area contributed by atoms with Crippen molar-refractivity contribution >= 4 is 11.8 Å². The largest absolute Gasteiger partial charge is 0.396 e. The quantitative estimate of drug-likeness (QED) is 0.788. The minimum Gasteiger partial charge on any atom is -0.396 e. The van der Waals surface area contributed by atoms with Crippen LogP contribution in [0.2, 0.25) is 0 Å². The normalized spacial score (nSPS) is 11.8. The fraction of sp³-hybridized carbons (Fsp3) is 0.467. The molecular formula is C15H19FO2S. The Hall–Kier alpha value is -1.02. The molecule has 0 aliphatic carbocycles. The van der Waals surface area contributed by atoms with Crippen LogP contribution in [-0.4, -0.2) is 28.7 Å². The molecule has 1 rings (SSSR count). The van der Waals surface area contributed by atoms with Gasteiger partial charge in [0.05, 0.1) is 6.61 Å². The standard InChI is InChI=1S/C15H19FO2S/c1-12(7-9-18)19-11-14-5-6-15(16)10-13(14)4-2-3-8-17/h5-6,10,12,17-18H,3,7-9,11H2,1H3. The molecule has 0 heterocycles. The Morgan fingerprint density at radius 3 is 2.79 bits per heavy atom. The van der Waals surface area contributed by atoms with Gasteiger partial charge in [0.1, 0.15) is 5.82 Å². The van der Waals surface area contributed by atoms with Gasteiger partial charge in [-0.1, -0.05) is 24.8 Å². The topological polar surface area (TPSA) is 40.5 Å². The molecule has 1 aromatic rings. The van der Waals surface area contributed by atoms with Gasteiger partial charge < -0.3 is 10.2 Å². The molecule has 0 radical (unpaired) electrons. The molecule has 1 unspecified atom stereocenters. The molecule has 0 aromatic heterocycles. The van der Waals surface area contributed by atoms with E-state index in [0.717, 1.165) is 17.7 Å². The van der Waals surface area contributed by atoms with Crippen LogP contribution in [0.1, 0.15) is 30.9 Å². The first-order valence-electron chi connectivity index (χ1n) is 6.28. The zero-order valence-corrected chi connectivity index (χ0v) is 11.8. The number of hydrogen-bond donors (Lipinski definition) is 2. The van der Waals surface area contributed by atoms with Crippen molar-refractivity contribution in [1.82, 2.24) is 0 Å². The molecule has 0 fully saturated rings. The summed E-state index contributed by atoms with van der Waals surface area (Å²) in [7, 11) is 0. The molecule has 0 bridgehead atoms. The summed E-state index contributed by atoms with van der Waals surface area (Å²) in [6.07, 6.45) is 1.14. The van der Waals surface area contributed by atoms with E-state index in [-0.39, 0.29) is 19.0 Å². The van der Waals surface area contributed by atoms with Gasteiger partial charge in [-0.25, -0.2) is 4.39 Å². The van der Waals surface area contributed by atoms with E-state index in [4.69, 9.17) is 10.2 Å². The molecule has 19 heavy (non-hydrogen) atoms. The first-order chi connectivity index (χ1) is 9.17. The summed E-state index contributed by atoms with van der Waals surface area (Å²) in [6, 6.07) is 4.61. The van der Waals surface area contributed by atoms with Gasteiger partial charge in [-0.15, -0.1) is 0 Å². The molecule has 0 spiro atoms. The maximum absolute atomic E-state index is 13.2. The highest BCUT2D eigenvalue weighted by atomic mass is 32.2. The summed E-state index contributed by atoms with van der Waals surface area (Å²) >= 11 is 1.71. The van der Waals surface area contributed by atoms with Gasteiger partial charge in [-0.05, 0) is 24.1 Å². The van der Waals surface area contributed by atoms with Crippen LogP contribution in [-0.2, 0) is 5.75 Å². The molecule has 1 atom stereocenters. The Bertz CT molecular complexity index is 451. The molecule has 0 aliphatic rings. The molecule has 104 valence electrons. The van der Waals surface area contributed by atoms with Crippen molar-refractivity contribution in [2.24, 2.45) is 0 Å². The van der Waals surface area contributed by atoms with Crippen LogP contribution in [0.25, 0.3) is 0 Å². The summed E-state index contributed by atoms with van der Waals surface area (Å²) in [5, 5.41) is 17.9. The van der Waals surface area contributed by atoms with Crippen LogP contribution in [0.4, 0.5) is 4.39 Å². The van der Waals surface area contributed by atoms with E-state index >= 15 is 0 Å². The van der Waals surface area contributed by atoms with Crippen LogP contribution in [0.3, 0.4) is 0 Å². The Kier molecular flexibility index (Phi) is 7.57. The second kappa shape index (κ2) is 8.98. The first-order valence-corrected chi connectivity index (χ1v) is 7.33. The van der Waals surface area contributed by atoms with Crippen LogP contribution in [0, 0.1) is 17.7 Å². The van der Waals surface area contributed by atoms with Gasteiger partial charge in [-0.3, -0.25) is 0 Å². The highest BCUT2D eigenvalue weighted by Gasteiger charge is 2.06. The minimum atomic E-state index is -0.301. The molecule has 0 amide bonds. The minimum absolute atomic E-state index is 0.0138. The summed E-state index contributed by atoms with van der Waals surface area (Å²) in [5.41, 5.74) is 1.67. The van der Waals surface area contributed by atoms with Gasteiger partial charge in [0.2, 0.25) is 0 Å². The average Bonchev–Trinajstić information content (AvgIpc) is 2.38. The van der Waals surface area contributed by atoms with Crippen molar-refractivity contribution in [3.63, 3.8) is 0 Å². The lowest BCUT2D eigenvalue weighted by Crippen LogP contribution is -2.00. The van der Waals surface area contributed by atoms with Crippen LogP contribution in [0.15, 0.2) is 18.2 Å². The van der Waals surface area contributed by atoms with E-state index in [0.29, 0.717) is 17.2 Å². The molecule has 0 saturated heterocycles. The van der Waals surface area contributed by atoms with E-state index in [1.54, 1.807) is 17.8 Å². The van der Waals surface area contributed by atoms with E-state index in [1.807, 2.05) is 0 Å². The number of benzene rings is 1. The highest BCUT2D eigenvalue weighted by Crippen LogP contribution is 2.22. The summed E-state index contributed by atoms with van der Waals surface area (Å²) in [6.45, 7) is 2.25. The predicted molar refractivity (Wildman–Crippen MR) is 77.4 cm³/mol. The van der Waals surface area contributed by atoms with Crippen LogP contribution < -0.4 is 0 Å². The smallest absolute Gasteiger partial charge is 0.124 e. The van der Waals surface area contributed by atoms with Gasteiger partial charge in [0.25, 0.3) is 0 Å². The lowest BCUT2D eigenvalue weighted by atomic mass is 10.1. The van der Waals surface area contributed by atoms with Gasteiger partial charge >= 0.3 is 0 Å². The molecule has 4 heteroatoms. The molecule has 1 aromatic carbocycles. The Balaban J connectivity index is 2.74. The van der Waals surface area contributed by atoms with Crippen molar-refractivity contribution in [2.75, 3.05) is 13.2 Å². The highest BCUT2D eigenvalue weighted by molar-refractivity contribution is 7.99. The molecule has 0 saturated carbocycles. The number of halogens is 1. The van der Waals surface area contributed by atoms with E-state index < -0.39 is 0 Å². The zero-order valence-electron chi connectivity index (χ0n) is 11.0. The molecule has 0 aliphatic heterocycles. The maximum atomic E-state index is 13.2. The lowest BCUT2D eigenvalue weighted by molar-refractivity contribution is 0.289. The van der Waals surface area contributed by atoms with E-state index in [9.17, 15) is 4.39 Å².